The van der Waals surface area contributed by atoms with Crippen molar-refractivity contribution in [3.8, 4) is 0 Å². The van der Waals surface area contributed by atoms with Gasteiger partial charge in [-0.15, -0.1) is 0 Å². The molecule has 0 aliphatic rings. The molecule has 4 nitrogen and oxygen atoms in total. The molecule has 0 fully saturated rings. The Morgan fingerprint density at radius 1 is 1.00 bits per heavy atom. The van der Waals surface area contributed by atoms with Crippen LogP contribution in [0, 0.1) is 0 Å². The molecular formula is C16H21F3N2O2. The number of alkyl halides is 3. The van der Waals surface area contributed by atoms with Gasteiger partial charge in [0.25, 0.3) is 0 Å². The number of hydrogen-bond donors (Lipinski definition) is 2. The van der Waals surface area contributed by atoms with Gasteiger partial charge in [0.2, 0.25) is 11.8 Å². The van der Waals surface area contributed by atoms with Crippen LogP contribution in [0.25, 0.3) is 0 Å². The number of benzene rings is 1. The molecular weight excluding hydrogens is 309 g/mol. The SMILES string of the molecule is CC(C)NC(=O)CCCC(=O)NC(c1ccccc1)C(F)(F)F. The van der Waals surface area contributed by atoms with Gasteiger partial charge in [-0.05, 0) is 25.8 Å². The van der Waals surface area contributed by atoms with Crippen LogP contribution in [0.2, 0.25) is 0 Å². The third-order valence-electron chi connectivity index (χ3n) is 3.02. The fourth-order valence-corrected chi connectivity index (χ4v) is 2.04. The van der Waals surface area contributed by atoms with Crippen molar-refractivity contribution in [3.05, 3.63) is 35.9 Å². The molecule has 2 N–H and O–H groups in total. The average molecular weight is 330 g/mol. The molecule has 1 atom stereocenters. The zero-order chi connectivity index (χ0) is 17.5. The topological polar surface area (TPSA) is 58.2 Å². The molecule has 0 heterocycles. The van der Waals surface area contributed by atoms with Crippen LogP contribution < -0.4 is 10.6 Å². The maximum Gasteiger partial charge on any atom is 0.412 e. The molecule has 128 valence electrons. The molecule has 0 aliphatic carbocycles. The van der Waals surface area contributed by atoms with Gasteiger partial charge in [0, 0.05) is 18.9 Å². The quantitative estimate of drug-likeness (QED) is 0.807. The number of rotatable bonds is 7. The smallest absolute Gasteiger partial charge is 0.354 e. The first-order chi connectivity index (χ1) is 10.7. The lowest BCUT2D eigenvalue weighted by Gasteiger charge is -2.22. The molecule has 0 aliphatic heterocycles. The van der Waals surface area contributed by atoms with E-state index in [0.29, 0.717) is 0 Å². The van der Waals surface area contributed by atoms with Gasteiger partial charge in [0.1, 0.15) is 0 Å². The lowest BCUT2D eigenvalue weighted by molar-refractivity contribution is -0.163. The van der Waals surface area contributed by atoms with E-state index in [2.05, 4.69) is 5.32 Å². The first-order valence-electron chi connectivity index (χ1n) is 7.40. The van der Waals surface area contributed by atoms with Gasteiger partial charge in [0.15, 0.2) is 6.04 Å². The molecule has 0 spiro atoms. The molecule has 0 bridgehead atoms. The molecule has 1 aromatic carbocycles. The third-order valence-corrected chi connectivity index (χ3v) is 3.02. The largest absolute Gasteiger partial charge is 0.412 e. The predicted molar refractivity (Wildman–Crippen MR) is 80.5 cm³/mol. The van der Waals surface area contributed by atoms with E-state index >= 15 is 0 Å². The van der Waals surface area contributed by atoms with Gasteiger partial charge < -0.3 is 10.6 Å². The monoisotopic (exact) mass is 330 g/mol. The van der Waals surface area contributed by atoms with Crippen LogP contribution in [0.4, 0.5) is 13.2 Å². The van der Waals surface area contributed by atoms with Crippen LogP contribution in [-0.2, 0) is 9.59 Å². The lowest BCUT2D eigenvalue weighted by atomic mass is 10.1. The Bertz CT molecular complexity index is 516. The van der Waals surface area contributed by atoms with Gasteiger partial charge in [-0.1, -0.05) is 30.3 Å². The average Bonchev–Trinajstić information content (AvgIpc) is 2.43. The van der Waals surface area contributed by atoms with Gasteiger partial charge >= 0.3 is 6.18 Å². The van der Waals surface area contributed by atoms with Crippen LogP contribution >= 0.6 is 0 Å². The minimum absolute atomic E-state index is 0.0102. The molecule has 2 amide bonds. The van der Waals surface area contributed by atoms with E-state index in [1.807, 2.05) is 5.32 Å². The number of carbonyl (C=O) groups is 2. The van der Waals surface area contributed by atoms with Crippen molar-refractivity contribution in [1.29, 1.82) is 0 Å². The second kappa shape index (κ2) is 8.55. The Labute approximate surface area is 133 Å². The summed E-state index contributed by atoms with van der Waals surface area (Å²) < 4.78 is 39.2. The highest BCUT2D eigenvalue weighted by Crippen LogP contribution is 2.32. The summed E-state index contributed by atoms with van der Waals surface area (Å²) in [4.78, 5) is 23.1. The van der Waals surface area contributed by atoms with Crippen molar-refractivity contribution in [2.45, 2.75) is 51.4 Å². The van der Waals surface area contributed by atoms with Crippen molar-refractivity contribution in [1.82, 2.24) is 10.6 Å². The summed E-state index contributed by atoms with van der Waals surface area (Å²) in [6.07, 6.45) is -4.41. The van der Waals surface area contributed by atoms with E-state index in [0.717, 1.165) is 0 Å². The highest BCUT2D eigenvalue weighted by atomic mass is 19.4. The van der Waals surface area contributed by atoms with Crippen LogP contribution in [0.5, 0.6) is 0 Å². The number of hydrogen-bond acceptors (Lipinski definition) is 2. The van der Waals surface area contributed by atoms with Crippen molar-refractivity contribution >= 4 is 11.8 Å². The second-order valence-electron chi connectivity index (χ2n) is 5.53. The highest BCUT2D eigenvalue weighted by Gasteiger charge is 2.41. The fourth-order valence-electron chi connectivity index (χ4n) is 2.04. The summed E-state index contributed by atoms with van der Waals surface area (Å²) in [5, 5.41) is 4.65. The van der Waals surface area contributed by atoms with Crippen molar-refractivity contribution in [2.75, 3.05) is 0 Å². The lowest BCUT2D eigenvalue weighted by Crippen LogP contribution is -2.38. The van der Waals surface area contributed by atoms with Crippen LogP contribution in [0.15, 0.2) is 30.3 Å². The summed E-state index contributed by atoms with van der Waals surface area (Å²) in [5.41, 5.74) is -0.0223. The van der Waals surface area contributed by atoms with Crippen molar-refractivity contribution in [3.63, 3.8) is 0 Å². The minimum atomic E-state index is -4.58. The molecule has 0 saturated carbocycles. The van der Waals surface area contributed by atoms with Crippen molar-refractivity contribution < 1.29 is 22.8 Å². The van der Waals surface area contributed by atoms with E-state index in [9.17, 15) is 22.8 Å². The zero-order valence-electron chi connectivity index (χ0n) is 13.1. The summed E-state index contributed by atoms with van der Waals surface area (Å²) in [7, 11) is 0. The molecule has 1 aromatic rings. The molecule has 1 unspecified atom stereocenters. The Morgan fingerprint density at radius 2 is 1.52 bits per heavy atom. The van der Waals surface area contributed by atoms with Gasteiger partial charge in [-0.3, -0.25) is 9.59 Å². The van der Waals surface area contributed by atoms with E-state index < -0.39 is 18.1 Å². The molecule has 7 heteroatoms. The van der Waals surface area contributed by atoms with E-state index in [1.54, 1.807) is 19.9 Å². The second-order valence-corrected chi connectivity index (χ2v) is 5.53. The van der Waals surface area contributed by atoms with E-state index in [1.165, 1.54) is 24.3 Å². The van der Waals surface area contributed by atoms with Crippen LogP contribution in [0.3, 0.4) is 0 Å². The molecule has 1 rings (SSSR count). The van der Waals surface area contributed by atoms with Crippen LogP contribution in [0.1, 0.15) is 44.7 Å². The molecule has 0 radical (unpaired) electrons. The van der Waals surface area contributed by atoms with Gasteiger partial charge in [-0.25, -0.2) is 0 Å². The summed E-state index contributed by atoms with van der Waals surface area (Å²) in [6.45, 7) is 3.61. The highest BCUT2D eigenvalue weighted by molar-refractivity contribution is 5.79. The molecule has 23 heavy (non-hydrogen) atoms. The van der Waals surface area contributed by atoms with Gasteiger partial charge in [-0.2, -0.15) is 13.2 Å². The van der Waals surface area contributed by atoms with Crippen LogP contribution in [-0.4, -0.2) is 24.0 Å². The Balaban J connectivity index is 2.54. The maximum atomic E-state index is 13.1. The Kier molecular flexibility index (Phi) is 7.06. The number of halogens is 3. The normalized spacial score (nSPS) is 12.8. The third kappa shape index (κ3) is 7.17. The van der Waals surface area contributed by atoms with E-state index in [4.69, 9.17) is 0 Å². The predicted octanol–water partition coefficient (Wildman–Crippen LogP) is 3.10. The van der Waals surface area contributed by atoms with Crippen molar-refractivity contribution in [2.24, 2.45) is 0 Å². The first-order valence-corrected chi connectivity index (χ1v) is 7.40. The Hall–Kier alpha value is -2.05. The summed E-state index contributed by atoms with van der Waals surface area (Å²) in [6, 6.07) is 5.15. The van der Waals surface area contributed by atoms with E-state index in [-0.39, 0.29) is 36.8 Å². The maximum absolute atomic E-state index is 13.1. The minimum Gasteiger partial charge on any atom is -0.354 e. The fraction of sp³-hybridized carbons (Fsp3) is 0.500. The number of nitrogens with one attached hydrogen (secondary N) is 2. The molecule has 0 saturated heterocycles. The summed E-state index contributed by atoms with van der Waals surface area (Å²) in [5.74, 6) is -0.947. The number of amides is 2. The number of carbonyl (C=O) groups excluding carboxylic acids is 2. The first kappa shape index (κ1) is 19.0. The summed E-state index contributed by atoms with van der Waals surface area (Å²) >= 11 is 0. The zero-order valence-corrected chi connectivity index (χ0v) is 13.1. The Morgan fingerprint density at radius 3 is 2.00 bits per heavy atom. The standard InChI is InChI=1S/C16H21F3N2O2/c1-11(2)20-13(22)9-6-10-14(23)21-15(16(17,18)19)12-7-4-3-5-8-12/h3-5,7-8,11,15H,6,9-10H2,1-2H3,(H,20,22)(H,21,23). The van der Waals surface area contributed by atoms with Gasteiger partial charge in [0.05, 0.1) is 0 Å². The molecule has 0 aromatic heterocycles.